The van der Waals surface area contributed by atoms with Crippen molar-refractivity contribution in [2.75, 3.05) is 0 Å². The summed E-state index contributed by atoms with van der Waals surface area (Å²) in [6.45, 7) is 7.40. The second-order valence-electron chi connectivity index (χ2n) is 11.1. The van der Waals surface area contributed by atoms with E-state index in [1.807, 2.05) is 6.07 Å². The standard InChI is InChI=1S/C32H32ClFN2O3S/c1-32(2,3)22-8-12-26-28(16-22)40-31(29(26)30(37)35-18-25-5-4-14-38-25)36-17-21-15-23(33)9-13-27(21)39-19-20-6-10-24(34)11-7-20/h4-7,9-11,13-15,17,22H,8,12,16,18-19H2,1-3H3,(H,35,37)/t22-/m1/s1. The van der Waals surface area contributed by atoms with Crippen molar-refractivity contribution in [3.05, 3.63) is 105 Å². The van der Waals surface area contributed by atoms with Gasteiger partial charge in [0.2, 0.25) is 0 Å². The van der Waals surface area contributed by atoms with Crippen molar-refractivity contribution < 1.29 is 18.3 Å². The van der Waals surface area contributed by atoms with E-state index in [1.54, 1.807) is 60.2 Å². The number of hydrogen-bond acceptors (Lipinski definition) is 5. The lowest BCUT2D eigenvalue weighted by atomic mass is 9.72. The monoisotopic (exact) mass is 578 g/mol. The van der Waals surface area contributed by atoms with Gasteiger partial charge in [0, 0.05) is 21.7 Å². The van der Waals surface area contributed by atoms with Crippen LogP contribution in [-0.4, -0.2) is 12.1 Å². The first-order valence-corrected chi connectivity index (χ1v) is 14.5. The number of hydrogen-bond donors (Lipinski definition) is 1. The van der Waals surface area contributed by atoms with Gasteiger partial charge in [-0.1, -0.05) is 44.5 Å². The summed E-state index contributed by atoms with van der Waals surface area (Å²) >= 11 is 7.90. The lowest BCUT2D eigenvalue weighted by Gasteiger charge is -2.33. The molecular formula is C32H32ClFN2O3S. The second-order valence-corrected chi connectivity index (χ2v) is 12.6. The molecule has 5 rings (SSSR count). The number of fused-ring (bicyclic) bond motifs is 1. The zero-order chi connectivity index (χ0) is 28.3. The number of nitrogens with zero attached hydrogens (tertiary/aromatic N) is 1. The predicted octanol–water partition coefficient (Wildman–Crippen LogP) is 8.54. The molecule has 1 aliphatic carbocycles. The van der Waals surface area contributed by atoms with Crippen LogP contribution in [-0.2, 0) is 26.0 Å². The summed E-state index contributed by atoms with van der Waals surface area (Å²) < 4.78 is 24.7. The van der Waals surface area contributed by atoms with Crippen LogP contribution in [0.15, 0.2) is 70.3 Å². The van der Waals surface area contributed by atoms with Crippen molar-refractivity contribution in [3.63, 3.8) is 0 Å². The normalized spacial score (nSPS) is 15.3. The van der Waals surface area contributed by atoms with Gasteiger partial charge in [-0.15, -0.1) is 11.3 Å². The third kappa shape index (κ3) is 6.65. The maximum absolute atomic E-state index is 13.5. The van der Waals surface area contributed by atoms with E-state index in [-0.39, 0.29) is 23.7 Å². The number of amides is 1. The Morgan fingerprint density at radius 2 is 2.02 bits per heavy atom. The van der Waals surface area contributed by atoms with Gasteiger partial charge in [0.05, 0.1) is 18.4 Å². The van der Waals surface area contributed by atoms with E-state index in [9.17, 15) is 9.18 Å². The van der Waals surface area contributed by atoms with Gasteiger partial charge in [-0.3, -0.25) is 4.79 Å². The highest BCUT2D eigenvalue weighted by molar-refractivity contribution is 7.16. The molecule has 8 heteroatoms. The smallest absolute Gasteiger partial charge is 0.255 e. The molecule has 1 aliphatic rings. The van der Waals surface area contributed by atoms with E-state index >= 15 is 0 Å². The molecule has 0 saturated carbocycles. The number of carbonyl (C=O) groups excluding carboxylic acids is 1. The fourth-order valence-electron chi connectivity index (χ4n) is 4.93. The maximum atomic E-state index is 13.5. The van der Waals surface area contributed by atoms with Crippen LogP contribution in [0.1, 0.15) is 64.9 Å². The van der Waals surface area contributed by atoms with E-state index in [0.717, 1.165) is 30.4 Å². The van der Waals surface area contributed by atoms with Crippen molar-refractivity contribution >= 4 is 40.1 Å². The Morgan fingerprint density at radius 3 is 2.75 bits per heavy atom. The summed E-state index contributed by atoms with van der Waals surface area (Å²) in [6, 6.07) is 15.2. The minimum absolute atomic E-state index is 0.158. The molecule has 2 heterocycles. The highest BCUT2D eigenvalue weighted by Gasteiger charge is 2.33. The van der Waals surface area contributed by atoms with E-state index in [4.69, 9.17) is 25.7 Å². The van der Waals surface area contributed by atoms with Crippen LogP contribution in [0.3, 0.4) is 0 Å². The van der Waals surface area contributed by atoms with Crippen LogP contribution in [0.4, 0.5) is 9.39 Å². The summed E-state index contributed by atoms with van der Waals surface area (Å²) in [4.78, 5) is 19.5. The Bertz CT molecular complexity index is 1500. The molecule has 208 valence electrons. The highest BCUT2D eigenvalue weighted by atomic mass is 35.5. The van der Waals surface area contributed by atoms with Gasteiger partial charge in [0.15, 0.2) is 0 Å². The molecule has 0 saturated heterocycles. The van der Waals surface area contributed by atoms with Crippen molar-refractivity contribution in [1.82, 2.24) is 5.32 Å². The Balaban J connectivity index is 1.43. The number of rotatable bonds is 8. The molecule has 2 aromatic heterocycles. The average molecular weight is 579 g/mol. The largest absolute Gasteiger partial charge is 0.488 e. The number of halogens is 2. The Kier molecular flexibility index (Phi) is 8.43. The van der Waals surface area contributed by atoms with Crippen LogP contribution in [0.5, 0.6) is 5.75 Å². The highest BCUT2D eigenvalue weighted by Crippen LogP contribution is 2.45. The van der Waals surface area contributed by atoms with E-state index in [1.165, 1.54) is 17.0 Å². The first-order valence-electron chi connectivity index (χ1n) is 13.3. The summed E-state index contributed by atoms with van der Waals surface area (Å²) in [7, 11) is 0. The number of nitrogens with one attached hydrogen (secondary N) is 1. The first-order chi connectivity index (χ1) is 19.2. The molecule has 1 atom stereocenters. The second kappa shape index (κ2) is 12.0. The van der Waals surface area contributed by atoms with Crippen LogP contribution in [0.25, 0.3) is 0 Å². The van der Waals surface area contributed by atoms with Gasteiger partial charge in [0.1, 0.15) is 28.9 Å². The molecule has 0 spiro atoms. The SMILES string of the molecule is CC(C)(C)[C@@H]1CCc2c(sc(N=Cc3cc(Cl)ccc3OCc3ccc(F)cc3)c2C(=O)NCc2ccco2)C1. The van der Waals surface area contributed by atoms with Crippen molar-refractivity contribution in [2.45, 2.75) is 53.2 Å². The summed E-state index contributed by atoms with van der Waals surface area (Å²) in [5.41, 5.74) is 3.44. The molecular weight excluding hydrogens is 547 g/mol. The lowest BCUT2D eigenvalue weighted by molar-refractivity contribution is 0.0947. The molecule has 40 heavy (non-hydrogen) atoms. The van der Waals surface area contributed by atoms with Gasteiger partial charge < -0.3 is 14.5 Å². The molecule has 0 unspecified atom stereocenters. The molecule has 4 aromatic rings. The minimum atomic E-state index is -0.292. The van der Waals surface area contributed by atoms with Gasteiger partial charge in [-0.2, -0.15) is 0 Å². The molecule has 1 N–H and O–H groups in total. The Hall–Kier alpha value is -3.42. The molecule has 5 nitrogen and oxygen atoms in total. The molecule has 0 fully saturated rings. The lowest BCUT2D eigenvalue weighted by Crippen LogP contribution is -2.28. The van der Waals surface area contributed by atoms with Gasteiger partial charge in [-0.05, 0) is 84.2 Å². The van der Waals surface area contributed by atoms with Gasteiger partial charge in [-0.25, -0.2) is 9.38 Å². The van der Waals surface area contributed by atoms with E-state index in [2.05, 4.69) is 26.1 Å². The molecule has 0 bridgehead atoms. The van der Waals surface area contributed by atoms with Crippen LogP contribution in [0.2, 0.25) is 5.02 Å². The number of furan rings is 1. The summed E-state index contributed by atoms with van der Waals surface area (Å²) in [5, 5.41) is 4.22. The van der Waals surface area contributed by atoms with Crippen LogP contribution < -0.4 is 10.1 Å². The number of ether oxygens (including phenoxy) is 1. The Morgan fingerprint density at radius 1 is 1.23 bits per heavy atom. The minimum Gasteiger partial charge on any atom is -0.488 e. The molecule has 2 aromatic carbocycles. The summed E-state index contributed by atoms with van der Waals surface area (Å²) in [5.74, 6) is 1.37. The van der Waals surface area contributed by atoms with Crippen molar-refractivity contribution in [1.29, 1.82) is 0 Å². The summed E-state index contributed by atoms with van der Waals surface area (Å²) in [6.07, 6.45) is 6.10. The zero-order valence-corrected chi connectivity index (χ0v) is 24.4. The molecule has 0 aliphatic heterocycles. The number of aliphatic imine (C=N–C) groups is 1. The fourth-order valence-corrected chi connectivity index (χ4v) is 6.38. The van der Waals surface area contributed by atoms with Crippen molar-refractivity contribution in [2.24, 2.45) is 16.3 Å². The zero-order valence-electron chi connectivity index (χ0n) is 22.8. The van der Waals surface area contributed by atoms with E-state index in [0.29, 0.717) is 45.1 Å². The molecule has 0 radical (unpaired) electrons. The number of benzene rings is 2. The number of thiophene rings is 1. The first kappa shape index (κ1) is 28.1. The maximum Gasteiger partial charge on any atom is 0.255 e. The van der Waals surface area contributed by atoms with Crippen molar-refractivity contribution in [3.8, 4) is 5.75 Å². The van der Waals surface area contributed by atoms with Crippen LogP contribution in [0, 0.1) is 17.2 Å². The van der Waals surface area contributed by atoms with Crippen LogP contribution >= 0.6 is 22.9 Å². The average Bonchev–Trinajstić information content (AvgIpc) is 3.58. The quantitative estimate of drug-likeness (QED) is 0.213. The third-order valence-corrected chi connectivity index (χ3v) is 8.70. The van der Waals surface area contributed by atoms with E-state index < -0.39 is 0 Å². The van der Waals surface area contributed by atoms with Gasteiger partial charge in [0.25, 0.3) is 5.91 Å². The van der Waals surface area contributed by atoms with Gasteiger partial charge >= 0.3 is 0 Å². The third-order valence-electron chi connectivity index (χ3n) is 7.30. The topological polar surface area (TPSA) is 63.8 Å². The predicted molar refractivity (Wildman–Crippen MR) is 159 cm³/mol. The fraction of sp³-hybridized carbons (Fsp3) is 0.312. The Labute approximate surface area is 243 Å². The molecule has 1 amide bonds. The number of carbonyl (C=O) groups is 1.